The van der Waals surface area contributed by atoms with Crippen molar-refractivity contribution in [1.29, 1.82) is 0 Å². The molecule has 19 heteroatoms. The van der Waals surface area contributed by atoms with E-state index in [2.05, 4.69) is 186 Å². The molecular weight excluding hydrogens is 1430 g/mol. The van der Waals surface area contributed by atoms with Crippen LogP contribution in [0.2, 0.25) is 0 Å². The van der Waals surface area contributed by atoms with E-state index in [4.69, 9.17) is 37.0 Å². The molecule has 0 spiro atoms. The maximum atomic E-state index is 13.1. The summed E-state index contributed by atoms with van der Waals surface area (Å²) in [4.78, 5) is 73.2. The van der Waals surface area contributed by atoms with Gasteiger partial charge in [-0.15, -0.1) is 0 Å². The molecule has 0 aliphatic rings. The minimum absolute atomic E-state index is 0.0570. The van der Waals surface area contributed by atoms with E-state index in [1.54, 1.807) is 0 Å². The standard InChI is InChI=1S/C91H150O17P2/c1-5-9-13-17-21-25-29-33-37-40-42-45-49-52-56-60-64-68-72-76-89(94)102-82-87(108-91(96)78-74-70-66-62-58-54-50-46-43-41-38-34-30-26-22-18-14-10-6-2)84-106-110(99,100)104-80-85(92)79-103-109(97,98)105-83-86(107-90(95)77-73-69-65-61-57-53-47-36-32-28-24-20-16-12-8-4)81-101-88(93)75-71-67-63-59-55-51-48-44-39-35-31-27-23-19-15-11-7-3/h11-12,15-16,21-28,33-39,42-43,45-48,51,59,63,85-87,92H,5-10,13-14,17-20,29-32,40-41,44,49-50,52-58,60-62,64-84H2,1-4H3,(H,97,98)(H,99,100)/b15-11-,16-12-,25-21-,26-22-,27-23-,28-24-,37-33-,38-34-,39-35-,45-42-,46-43-,47-36-,51-48-,63-59-. The van der Waals surface area contributed by atoms with Crippen molar-refractivity contribution in [2.75, 3.05) is 39.6 Å². The minimum Gasteiger partial charge on any atom is -0.462 e. The van der Waals surface area contributed by atoms with E-state index in [1.165, 1.54) is 38.5 Å². The number of rotatable bonds is 78. The number of allylic oxidation sites excluding steroid dienone is 28. The van der Waals surface area contributed by atoms with Crippen LogP contribution in [0.3, 0.4) is 0 Å². The van der Waals surface area contributed by atoms with Gasteiger partial charge in [-0.25, -0.2) is 9.13 Å². The Hall–Kier alpha value is -5.58. The van der Waals surface area contributed by atoms with Crippen molar-refractivity contribution in [1.82, 2.24) is 0 Å². The lowest BCUT2D eigenvalue weighted by Gasteiger charge is -2.21. The molecule has 3 N–H and O–H groups in total. The Labute approximate surface area is 667 Å². The number of hydrogen-bond donors (Lipinski definition) is 3. The van der Waals surface area contributed by atoms with Crippen LogP contribution in [-0.2, 0) is 65.4 Å². The van der Waals surface area contributed by atoms with Crippen LogP contribution in [0.15, 0.2) is 170 Å². The molecule has 110 heavy (non-hydrogen) atoms. The van der Waals surface area contributed by atoms with Gasteiger partial charge in [0.15, 0.2) is 12.2 Å². The Morgan fingerprint density at radius 3 is 0.764 bits per heavy atom. The summed E-state index contributed by atoms with van der Waals surface area (Å²) in [6.07, 6.45) is 97.5. The quantitative estimate of drug-likeness (QED) is 0.0169. The monoisotopic (exact) mass is 1580 g/mol. The second kappa shape index (κ2) is 81.4. The van der Waals surface area contributed by atoms with Gasteiger partial charge in [0.1, 0.15) is 19.3 Å². The van der Waals surface area contributed by atoms with Crippen LogP contribution >= 0.6 is 15.6 Å². The second-order valence-electron chi connectivity index (χ2n) is 27.6. The normalized spacial score (nSPS) is 14.6. The number of ether oxygens (including phenoxy) is 4. The maximum absolute atomic E-state index is 13.1. The van der Waals surface area contributed by atoms with Crippen LogP contribution in [-0.4, -0.2) is 96.7 Å². The van der Waals surface area contributed by atoms with Gasteiger partial charge in [0.05, 0.1) is 26.4 Å². The van der Waals surface area contributed by atoms with Gasteiger partial charge in [-0.3, -0.25) is 37.3 Å². The Morgan fingerprint density at radius 1 is 0.264 bits per heavy atom. The molecule has 0 heterocycles. The van der Waals surface area contributed by atoms with Crippen molar-refractivity contribution in [2.24, 2.45) is 0 Å². The summed E-state index contributed by atoms with van der Waals surface area (Å²) in [5, 5.41) is 10.7. The third kappa shape index (κ3) is 80.5. The fourth-order valence-electron chi connectivity index (χ4n) is 10.8. The second-order valence-corrected chi connectivity index (χ2v) is 30.6. The molecule has 0 fully saturated rings. The number of unbranched alkanes of at least 4 members (excludes halogenated alkanes) is 24. The van der Waals surface area contributed by atoms with E-state index in [1.807, 2.05) is 12.2 Å². The van der Waals surface area contributed by atoms with E-state index in [-0.39, 0.29) is 25.7 Å². The number of aliphatic hydroxyl groups excluding tert-OH is 1. The van der Waals surface area contributed by atoms with Crippen LogP contribution in [0.5, 0.6) is 0 Å². The zero-order valence-corrected chi connectivity index (χ0v) is 70.4. The van der Waals surface area contributed by atoms with Gasteiger partial charge in [0.25, 0.3) is 0 Å². The smallest absolute Gasteiger partial charge is 0.462 e. The van der Waals surface area contributed by atoms with Gasteiger partial charge in [0, 0.05) is 25.7 Å². The molecule has 0 aliphatic heterocycles. The molecule has 17 nitrogen and oxygen atoms in total. The zero-order chi connectivity index (χ0) is 80.3. The minimum atomic E-state index is -5.01. The lowest BCUT2D eigenvalue weighted by Crippen LogP contribution is -2.30. The number of phosphoric acid groups is 2. The molecule has 0 saturated carbocycles. The van der Waals surface area contributed by atoms with Gasteiger partial charge in [0.2, 0.25) is 0 Å². The summed E-state index contributed by atoms with van der Waals surface area (Å²) in [6, 6.07) is 0. The number of hydrogen-bond acceptors (Lipinski definition) is 15. The average molecular weight is 1580 g/mol. The first-order chi connectivity index (χ1) is 53.7. The highest BCUT2D eigenvalue weighted by molar-refractivity contribution is 7.47. The van der Waals surface area contributed by atoms with Crippen molar-refractivity contribution in [3.05, 3.63) is 170 Å². The molecule has 0 aromatic rings. The topological polar surface area (TPSA) is 237 Å². The van der Waals surface area contributed by atoms with E-state index >= 15 is 0 Å². The van der Waals surface area contributed by atoms with Gasteiger partial charge in [-0.05, 0) is 173 Å². The first kappa shape index (κ1) is 104. The van der Waals surface area contributed by atoms with E-state index in [0.717, 1.165) is 199 Å². The lowest BCUT2D eigenvalue weighted by molar-refractivity contribution is -0.161. The molecule has 0 saturated heterocycles. The molecule has 0 aromatic heterocycles. The molecule has 0 rings (SSSR count). The van der Waals surface area contributed by atoms with Gasteiger partial charge in [-0.2, -0.15) is 0 Å². The molecule has 0 amide bonds. The molecule has 0 aromatic carbocycles. The number of aliphatic hydroxyl groups is 1. The van der Waals surface area contributed by atoms with Gasteiger partial charge in [-0.1, -0.05) is 294 Å². The largest absolute Gasteiger partial charge is 0.472 e. The fourth-order valence-corrected chi connectivity index (χ4v) is 12.3. The van der Waals surface area contributed by atoms with Crippen molar-refractivity contribution >= 4 is 39.5 Å². The Balaban J connectivity index is 5.47. The summed E-state index contributed by atoms with van der Waals surface area (Å²) in [7, 11) is -10.0. The predicted octanol–water partition coefficient (Wildman–Crippen LogP) is 25.3. The Bertz CT molecular complexity index is 2750. The highest BCUT2D eigenvalue weighted by Crippen LogP contribution is 2.45. The van der Waals surface area contributed by atoms with Crippen molar-refractivity contribution in [3.63, 3.8) is 0 Å². The van der Waals surface area contributed by atoms with Crippen molar-refractivity contribution in [2.45, 2.75) is 341 Å². The third-order valence-corrected chi connectivity index (χ3v) is 19.0. The van der Waals surface area contributed by atoms with E-state index in [0.29, 0.717) is 32.1 Å². The molecule has 0 radical (unpaired) electrons. The third-order valence-electron chi connectivity index (χ3n) is 17.1. The van der Waals surface area contributed by atoms with Crippen molar-refractivity contribution in [3.8, 4) is 0 Å². The summed E-state index contributed by atoms with van der Waals surface area (Å²) in [6.45, 7) is 4.49. The molecule has 0 bridgehead atoms. The number of carbonyl (C=O) groups excluding carboxylic acids is 4. The average Bonchev–Trinajstić information content (AvgIpc) is 0.911. The number of esters is 4. The molecule has 626 valence electrons. The summed E-state index contributed by atoms with van der Waals surface area (Å²) >= 11 is 0. The van der Waals surface area contributed by atoms with Crippen LogP contribution in [0.4, 0.5) is 0 Å². The summed E-state index contributed by atoms with van der Waals surface area (Å²) in [5.74, 6) is -2.30. The van der Waals surface area contributed by atoms with Gasteiger partial charge >= 0.3 is 39.5 Å². The zero-order valence-electron chi connectivity index (χ0n) is 68.6. The first-order valence-corrected chi connectivity index (χ1v) is 45.4. The maximum Gasteiger partial charge on any atom is 0.472 e. The van der Waals surface area contributed by atoms with Crippen LogP contribution in [0, 0.1) is 0 Å². The van der Waals surface area contributed by atoms with Crippen LogP contribution in [0.25, 0.3) is 0 Å². The lowest BCUT2D eigenvalue weighted by atomic mass is 10.1. The molecular formula is C91H150O17P2. The first-order valence-electron chi connectivity index (χ1n) is 42.4. The molecule has 5 unspecified atom stereocenters. The van der Waals surface area contributed by atoms with Crippen LogP contribution < -0.4 is 0 Å². The van der Waals surface area contributed by atoms with Crippen molar-refractivity contribution < 1.29 is 80.2 Å². The van der Waals surface area contributed by atoms with E-state index < -0.39 is 97.5 Å². The predicted molar refractivity (Wildman–Crippen MR) is 454 cm³/mol. The van der Waals surface area contributed by atoms with Crippen LogP contribution in [0.1, 0.15) is 323 Å². The summed E-state index contributed by atoms with van der Waals surface area (Å²) < 4.78 is 68.7. The van der Waals surface area contributed by atoms with Gasteiger partial charge < -0.3 is 33.8 Å². The number of carbonyl (C=O) groups is 4. The Kier molecular flexibility index (Phi) is 77.3. The molecule has 0 aliphatic carbocycles. The molecule has 5 atom stereocenters. The van der Waals surface area contributed by atoms with E-state index in [9.17, 15) is 43.2 Å². The fraction of sp³-hybridized carbons (Fsp3) is 0.648. The highest BCUT2D eigenvalue weighted by Gasteiger charge is 2.30. The highest BCUT2D eigenvalue weighted by atomic mass is 31.2. The number of phosphoric ester groups is 2. The Morgan fingerprint density at radius 2 is 0.482 bits per heavy atom. The summed E-state index contributed by atoms with van der Waals surface area (Å²) in [5.41, 5.74) is 0. The SMILES string of the molecule is CC/C=C\C/C=C\C/C=C\C/C=C\C/C=C\CCCC(=O)OCC(COP(=O)(O)OCC(O)COP(=O)(O)OCC(COC(=O)CCCCCCCC/C=C\C/C=C\C/C=C\CCCCC)OC(=O)CCCCCCCC/C=C\C/C=C\C/C=C\CCCCC)OC(=O)CCCCCCC/C=C\C/C=C\C/C=C\CC.